The van der Waals surface area contributed by atoms with E-state index in [0.717, 1.165) is 38.8 Å². The highest BCUT2D eigenvalue weighted by Crippen LogP contribution is 2.38. The normalized spacial score (nSPS) is 11.2. The third-order valence-corrected chi connectivity index (χ3v) is 3.67. The third kappa shape index (κ3) is 1.51. The van der Waals surface area contributed by atoms with E-state index in [1.165, 1.54) is 0 Å². The number of fused-ring (bicyclic) bond motifs is 3. The Hall–Kier alpha value is -2.74. The van der Waals surface area contributed by atoms with Crippen LogP contribution in [0.25, 0.3) is 33.1 Å². The van der Waals surface area contributed by atoms with Gasteiger partial charge in [0.2, 0.25) is 0 Å². The predicted octanol–water partition coefficient (Wildman–Crippen LogP) is 4.84. The highest BCUT2D eigenvalue weighted by atomic mass is 16.3. The molecule has 0 aliphatic carbocycles. The summed E-state index contributed by atoms with van der Waals surface area (Å²) < 4.78 is 5.84. The van der Waals surface area contributed by atoms with E-state index in [0.29, 0.717) is 0 Å². The second kappa shape index (κ2) is 4.14. The molecule has 4 rings (SSSR count). The van der Waals surface area contributed by atoms with Crippen molar-refractivity contribution in [3.63, 3.8) is 0 Å². The largest absolute Gasteiger partial charge is 0.456 e. The Labute approximate surface area is 116 Å². The Kier molecular flexibility index (Phi) is 2.30. The molecule has 0 saturated carbocycles. The van der Waals surface area contributed by atoms with Crippen LogP contribution in [0, 0.1) is 0 Å². The molecule has 20 heavy (non-hydrogen) atoms. The van der Waals surface area contributed by atoms with E-state index >= 15 is 0 Å². The molecule has 1 aromatic heterocycles. The molecule has 0 unspecified atom stereocenters. The molecule has 2 N–H and O–H groups in total. The Balaban J connectivity index is 2.10. The van der Waals surface area contributed by atoms with Gasteiger partial charge in [-0.25, -0.2) is 0 Å². The first-order chi connectivity index (χ1) is 9.84. The Morgan fingerprint density at radius 3 is 2.30 bits per heavy atom. The first-order valence-electron chi connectivity index (χ1n) is 6.60. The fourth-order valence-electron chi connectivity index (χ4n) is 2.71. The van der Waals surface area contributed by atoms with Gasteiger partial charge in [0, 0.05) is 10.9 Å². The van der Waals surface area contributed by atoms with Crippen molar-refractivity contribution in [1.29, 1.82) is 0 Å². The minimum atomic E-state index is 0.777. The van der Waals surface area contributed by atoms with Crippen LogP contribution in [0.5, 0.6) is 0 Å². The number of hydrogen-bond acceptors (Lipinski definition) is 2. The Morgan fingerprint density at radius 1 is 0.700 bits per heavy atom. The average Bonchev–Trinajstić information content (AvgIpc) is 2.88. The van der Waals surface area contributed by atoms with Crippen molar-refractivity contribution in [2.45, 2.75) is 0 Å². The maximum absolute atomic E-state index is 6.40. The summed E-state index contributed by atoms with van der Waals surface area (Å²) in [6.07, 6.45) is 0. The summed E-state index contributed by atoms with van der Waals surface area (Å²) in [5.74, 6) is 0. The van der Waals surface area contributed by atoms with Gasteiger partial charge in [-0.2, -0.15) is 0 Å². The number of nitrogen functional groups attached to an aromatic ring is 1. The van der Waals surface area contributed by atoms with Crippen LogP contribution < -0.4 is 5.73 Å². The van der Waals surface area contributed by atoms with Crippen molar-refractivity contribution in [1.82, 2.24) is 0 Å². The van der Waals surface area contributed by atoms with Gasteiger partial charge in [-0.15, -0.1) is 0 Å². The summed E-state index contributed by atoms with van der Waals surface area (Å²) in [6, 6.07) is 22.2. The second-order valence-corrected chi connectivity index (χ2v) is 4.86. The van der Waals surface area contributed by atoms with Crippen LogP contribution in [0.3, 0.4) is 0 Å². The van der Waals surface area contributed by atoms with Crippen LogP contribution >= 0.6 is 0 Å². The van der Waals surface area contributed by atoms with Crippen molar-refractivity contribution in [2.24, 2.45) is 0 Å². The van der Waals surface area contributed by atoms with Gasteiger partial charge in [-0.1, -0.05) is 48.5 Å². The lowest BCUT2D eigenvalue weighted by Crippen LogP contribution is -1.90. The first-order valence-corrected chi connectivity index (χ1v) is 6.60. The fraction of sp³-hybridized carbons (Fsp3) is 0. The zero-order valence-electron chi connectivity index (χ0n) is 10.8. The highest BCUT2D eigenvalue weighted by molar-refractivity contribution is 6.14. The van der Waals surface area contributed by atoms with Crippen molar-refractivity contribution in [3.05, 3.63) is 66.7 Å². The van der Waals surface area contributed by atoms with E-state index in [4.69, 9.17) is 10.2 Å². The summed E-state index contributed by atoms with van der Waals surface area (Å²) in [4.78, 5) is 0. The lowest BCUT2D eigenvalue weighted by Gasteiger charge is -2.06. The highest BCUT2D eigenvalue weighted by Gasteiger charge is 2.13. The molecule has 0 amide bonds. The Morgan fingerprint density at radius 2 is 1.45 bits per heavy atom. The summed E-state index contributed by atoms with van der Waals surface area (Å²) in [5.41, 5.74) is 11.1. The topological polar surface area (TPSA) is 39.2 Å². The molecular formula is C18H13NO. The number of hydrogen-bond donors (Lipinski definition) is 1. The van der Waals surface area contributed by atoms with Gasteiger partial charge in [-0.3, -0.25) is 0 Å². The molecular weight excluding hydrogens is 246 g/mol. The quantitative estimate of drug-likeness (QED) is 0.497. The zero-order chi connectivity index (χ0) is 13.5. The van der Waals surface area contributed by atoms with E-state index in [9.17, 15) is 0 Å². The minimum Gasteiger partial charge on any atom is -0.456 e. The van der Waals surface area contributed by atoms with E-state index in [2.05, 4.69) is 12.1 Å². The molecule has 4 aromatic rings. The smallest absolute Gasteiger partial charge is 0.137 e. The molecule has 0 atom stereocenters. The van der Waals surface area contributed by atoms with Gasteiger partial charge >= 0.3 is 0 Å². The number of anilines is 1. The van der Waals surface area contributed by atoms with Crippen molar-refractivity contribution in [3.8, 4) is 11.1 Å². The summed E-state index contributed by atoms with van der Waals surface area (Å²) in [6.45, 7) is 0. The van der Waals surface area contributed by atoms with Crippen LogP contribution in [-0.4, -0.2) is 0 Å². The summed E-state index contributed by atoms with van der Waals surface area (Å²) in [7, 11) is 0. The summed E-state index contributed by atoms with van der Waals surface area (Å²) in [5, 5.41) is 2.07. The number of furan rings is 1. The monoisotopic (exact) mass is 259 g/mol. The molecule has 0 fully saturated rings. The standard InChI is InChI=1S/C18H13NO/c19-18-13(12-6-2-1-3-7-12)10-11-16-17(18)14-8-4-5-9-15(14)20-16/h1-11H,19H2. The van der Waals surface area contributed by atoms with E-state index < -0.39 is 0 Å². The number of rotatable bonds is 1. The van der Waals surface area contributed by atoms with E-state index in [-0.39, 0.29) is 0 Å². The van der Waals surface area contributed by atoms with Gasteiger partial charge in [0.1, 0.15) is 11.2 Å². The molecule has 96 valence electrons. The SMILES string of the molecule is Nc1c(-c2ccccc2)ccc2oc3ccccc3c12. The molecule has 0 bridgehead atoms. The van der Waals surface area contributed by atoms with Gasteiger partial charge in [0.25, 0.3) is 0 Å². The Bertz CT molecular complexity index is 907. The second-order valence-electron chi connectivity index (χ2n) is 4.86. The molecule has 0 aliphatic heterocycles. The molecule has 2 heteroatoms. The van der Waals surface area contributed by atoms with Gasteiger partial charge in [0.05, 0.1) is 11.1 Å². The minimum absolute atomic E-state index is 0.777. The zero-order valence-corrected chi connectivity index (χ0v) is 10.8. The van der Waals surface area contributed by atoms with Crippen LogP contribution in [0.2, 0.25) is 0 Å². The lowest BCUT2D eigenvalue weighted by molar-refractivity contribution is 0.669. The first kappa shape index (κ1) is 11.1. The summed E-state index contributed by atoms with van der Waals surface area (Å²) >= 11 is 0. The van der Waals surface area contributed by atoms with Crippen molar-refractivity contribution < 1.29 is 4.42 Å². The molecule has 2 nitrogen and oxygen atoms in total. The fourth-order valence-corrected chi connectivity index (χ4v) is 2.71. The lowest BCUT2D eigenvalue weighted by atomic mass is 10.0. The number of benzene rings is 3. The van der Waals surface area contributed by atoms with Crippen molar-refractivity contribution >= 4 is 27.6 Å². The van der Waals surface area contributed by atoms with Crippen LogP contribution in [0.4, 0.5) is 5.69 Å². The van der Waals surface area contributed by atoms with Crippen LogP contribution in [0.1, 0.15) is 0 Å². The van der Waals surface area contributed by atoms with Gasteiger partial charge in [-0.05, 0) is 23.8 Å². The number of para-hydroxylation sites is 1. The third-order valence-electron chi connectivity index (χ3n) is 3.67. The number of nitrogens with two attached hydrogens (primary N) is 1. The van der Waals surface area contributed by atoms with E-state index in [1.54, 1.807) is 0 Å². The van der Waals surface area contributed by atoms with Crippen LogP contribution in [-0.2, 0) is 0 Å². The molecule has 0 spiro atoms. The van der Waals surface area contributed by atoms with Gasteiger partial charge < -0.3 is 10.2 Å². The maximum atomic E-state index is 6.40. The molecule has 0 radical (unpaired) electrons. The maximum Gasteiger partial charge on any atom is 0.137 e. The van der Waals surface area contributed by atoms with Gasteiger partial charge in [0.15, 0.2) is 0 Å². The average molecular weight is 259 g/mol. The van der Waals surface area contributed by atoms with Crippen LogP contribution in [0.15, 0.2) is 71.1 Å². The molecule has 0 aliphatic rings. The molecule has 1 heterocycles. The predicted molar refractivity (Wildman–Crippen MR) is 83.6 cm³/mol. The molecule has 3 aromatic carbocycles. The van der Waals surface area contributed by atoms with Crippen molar-refractivity contribution in [2.75, 3.05) is 5.73 Å². The molecule has 0 saturated heterocycles. The van der Waals surface area contributed by atoms with E-state index in [1.807, 2.05) is 54.6 Å².